The quantitative estimate of drug-likeness (QED) is 0.756. The second kappa shape index (κ2) is 6.03. The molecule has 0 aliphatic carbocycles. The van der Waals surface area contributed by atoms with Gasteiger partial charge in [0.05, 0.1) is 4.90 Å². The monoisotopic (exact) mass is 330 g/mol. The first-order valence-electron chi connectivity index (χ1n) is 6.38. The van der Waals surface area contributed by atoms with Crippen LogP contribution < -0.4 is 0 Å². The molecule has 1 heterocycles. The molecule has 1 aromatic carbocycles. The minimum atomic E-state index is -3.78. The second-order valence-electron chi connectivity index (χ2n) is 4.76. The standard InChI is InChI=1S/C13H15ClN2O4S/c1-10(17)15-6-8-16(9-7-15)13(18)11-2-4-12(5-3-11)21(14,19)20/h2-5H,6-9H2,1H3. The van der Waals surface area contributed by atoms with Crippen LogP contribution in [-0.2, 0) is 13.8 Å². The molecule has 0 radical (unpaired) electrons. The Morgan fingerprint density at radius 3 is 1.90 bits per heavy atom. The van der Waals surface area contributed by atoms with Crippen LogP contribution in [0.5, 0.6) is 0 Å². The molecule has 1 fully saturated rings. The third-order valence-corrected chi connectivity index (χ3v) is 4.76. The highest BCUT2D eigenvalue weighted by molar-refractivity contribution is 8.13. The summed E-state index contributed by atoms with van der Waals surface area (Å²) in [6, 6.07) is 5.49. The molecular weight excluding hydrogens is 316 g/mol. The van der Waals surface area contributed by atoms with E-state index in [2.05, 4.69) is 0 Å². The van der Waals surface area contributed by atoms with Crippen molar-refractivity contribution in [2.45, 2.75) is 11.8 Å². The molecule has 8 heteroatoms. The number of nitrogens with zero attached hydrogens (tertiary/aromatic N) is 2. The van der Waals surface area contributed by atoms with E-state index in [0.717, 1.165) is 0 Å². The van der Waals surface area contributed by atoms with Gasteiger partial charge in [0.1, 0.15) is 0 Å². The molecular formula is C13H15ClN2O4S. The van der Waals surface area contributed by atoms with Crippen molar-refractivity contribution in [2.24, 2.45) is 0 Å². The van der Waals surface area contributed by atoms with Crippen molar-refractivity contribution in [2.75, 3.05) is 26.2 Å². The Balaban J connectivity index is 2.06. The average molecular weight is 331 g/mol. The highest BCUT2D eigenvalue weighted by Crippen LogP contribution is 2.16. The molecule has 6 nitrogen and oxygen atoms in total. The van der Waals surface area contributed by atoms with Gasteiger partial charge in [-0.25, -0.2) is 8.42 Å². The van der Waals surface area contributed by atoms with Crippen LogP contribution >= 0.6 is 10.7 Å². The minimum absolute atomic E-state index is 0.00114. The molecule has 1 aromatic rings. The van der Waals surface area contributed by atoms with Crippen LogP contribution in [0.4, 0.5) is 0 Å². The molecule has 1 aliphatic heterocycles. The van der Waals surface area contributed by atoms with E-state index in [1.807, 2.05) is 0 Å². The fourth-order valence-electron chi connectivity index (χ4n) is 2.17. The van der Waals surface area contributed by atoms with Crippen molar-refractivity contribution < 1.29 is 18.0 Å². The largest absolute Gasteiger partial charge is 0.339 e. The number of rotatable bonds is 2. The Labute approximate surface area is 127 Å². The molecule has 0 N–H and O–H groups in total. The normalized spacial score (nSPS) is 15.9. The molecule has 0 aromatic heterocycles. The summed E-state index contributed by atoms with van der Waals surface area (Å²) in [6.07, 6.45) is 0. The number of benzene rings is 1. The summed E-state index contributed by atoms with van der Waals surface area (Å²) in [5, 5.41) is 0. The van der Waals surface area contributed by atoms with Crippen molar-refractivity contribution in [3.05, 3.63) is 29.8 Å². The van der Waals surface area contributed by atoms with Gasteiger partial charge >= 0.3 is 0 Å². The molecule has 2 rings (SSSR count). The Hall–Kier alpha value is -1.60. The molecule has 0 unspecified atom stereocenters. The maximum Gasteiger partial charge on any atom is 0.261 e. The number of carbonyl (C=O) groups excluding carboxylic acids is 2. The number of hydrogen-bond donors (Lipinski definition) is 0. The summed E-state index contributed by atoms with van der Waals surface area (Å²) in [6.45, 7) is 3.45. The Kier molecular flexibility index (Phi) is 4.53. The van der Waals surface area contributed by atoms with Crippen molar-refractivity contribution in [1.82, 2.24) is 9.80 Å². The van der Waals surface area contributed by atoms with E-state index in [9.17, 15) is 18.0 Å². The van der Waals surface area contributed by atoms with E-state index in [1.165, 1.54) is 31.2 Å². The van der Waals surface area contributed by atoms with E-state index in [-0.39, 0.29) is 16.7 Å². The molecule has 0 bridgehead atoms. The lowest BCUT2D eigenvalue weighted by Crippen LogP contribution is -2.50. The lowest BCUT2D eigenvalue weighted by molar-refractivity contribution is -0.130. The van der Waals surface area contributed by atoms with Crippen LogP contribution in [0.1, 0.15) is 17.3 Å². The third-order valence-electron chi connectivity index (χ3n) is 3.40. The van der Waals surface area contributed by atoms with Gasteiger partial charge in [-0.3, -0.25) is 9.59 Å². The molecule has 0 atom stereocenters. The summed E-state index contributed by atoms with van der Waals surface area (Å²) >= 11 is 0. The van der Waals surface area contributed by atoms with Gasteiger partial charge in [0.2, 0.25) is 5.91 Å². The van der Waals surface area contributed by atoms with Crippen LogP contribution in [0, 0.1) is 0 Å². The number of halogens is 1. The summed E-state index contributed by atoms with van der Waals surface area (Å²) in [5.74, 6) is -0.185. The predicted octanol–water partition coefficient (Wildman–Crippen LogP) is 0.918. The average Bonchev–Trinajstić information content (AvgIpc) is 2.46. The van der Waals surface area contributed by atoms with E-state index in [4.69, 9.17) is 10.7 Å². The first-order valence-corrected chi connectivity index (χ1v) is 8.69. The summed E-state index contributed by atoms with van der Waals surface area (Å²) < 4.78 is 22.3. The topological polar surface area (TPSA) is 74.8 Å². The van der Waals surface area contributed by atoms with Crippen LogP contribution in [0.15, 0.2) is 29.2 Å². The summed E-state index contributed by atoms with van der Waals surface area (Å²) in [7, 11) is 1.44. The Morgan fingerprint density at radius 2 is 1.48 bits per heavy atom. The van der Waals surface area contributed by atoms with Crippen molar-refractivity contribution >= 4 is 31.5 Å². The van der Waals surface area contributed by atoms with Crippen LogP contribution in [-0.4, -0.2) is 56.2 Å². The Morgan fingerprint density at radius 1 is 1.00 bits per heavy atom. The zero-order chi connectivity index (χ0) is 15.6. The van der Waals surface area contributed by atoms with Gasteiger partial charge in [-0.2, -0.15) is 0 Å². The van der Waals surface area contributed by atoms with E-state index in [1.54, 1.807) is 9.80 Å². The number of amides is 2. The maximum absolute atomic E-state index is 12.3. The zero-order valence-corrected chi connectivity index (χ0v) is 13.0. The second-order valence-corrected chi connectivity index (χ2v) is 7.33. The molecule has 1 aliphatic rings. The first kappa shape index (κ1) is 15.8. The highest BCUT2D eigenvalue weighted by atomic mass is 35.7. The van der Waals surface area contributed by atoms with Gasteiger partial charge in [-0.1, -0.05) is 0 Å². The maximum atomic E-state index is 12.3. The lowest BCUT2D eigenvalue weighted by Gasteiger charge is -2.34. The van der Waals surface area contributed by atoms with Gasteiger partial charge in [0, 0.05) is 49.3 Å². The van der Waals surface area contributed by atoms with Crippen molar-refractivity contribution in [3.8, 4) is 0 Å². The van der Waals surface area contributed by atoms with Crippen LogP contribution in [0.3, 0.4) is 0 Å². The summed E-state index contributed by atoms with van der Waals surface area (Å²) in [4.78, 5) is 26.8. The Bertz CT molecular complexity index is 649. The predicted molar refractivity (Wildman–Crippen MR) is 77.6 cm³/mol. The fraction of sp³-hybridized carbons (Fsp3) is 0.385. The first-order chi connectivity index (χ1) is 9.79. The molecule has 114 valence electrons. The van der Waals surface area contributed by atoms with Gasteiger partial charge < -0.3 is 9.80 Å². The van der Waals surface area contributed by atoms with Gasteiger partial charge in [-0.05, 0) is 24.3 Å². The van der Waals surface area contributed by atoms with Gasteiger partial charge in [0.15, 0.2) is 0 Å². The summed E-state index contributed by atoms with van der Waals surface area (Å²) in [5.41, 5.74) is 0.398. The van der Waals surface area contributed by atoms with E-state index in [0.29, 0.717) is 31.7 Å². The molecule has 1 saturated heterocycles. The SMILES string of the molecule is CC(=O)N1CCN(C(=O)c2ccc(S(=O)(=O)Cl)cc2)CC1. The number of carbonyl (C=O) groups is 2. The lowest BCUT2D eigenvalue weighted by atomic mass is 10.2. The minimum Gasteiger partial charge on any atom is -0.339 e. The highest BCUT2D eigenvalue weighted by Gasteiger charge is 2.23. The van der Waals surface area contributed by atoms with Crippen LogP contribution in [0.25, 0.3) is 0 Å². The smallest absolute Gasteiger partial charge is 0.261 e. The number of piperazine rings is 1. The van der Waals surface area contributed by atoms with Gasteiger partial charge in [-0.15, -0.1) is 0 Å². The van der Waals surface area contributed by atoms with E-state index >= 15 is 0 Å². The number of hydrogen-bond acceptors (Lipinski definition) is 4. The van der Waals surface area contributed by atoms with Gasteiger partial charge in [0.25, 0.3) is 15.0 Å². The molecule has 2 amide bonds. The van der Waals surface area contributed by atoms with Crippen molar-refractivity contribution in [3.63, 3.8) is 0 Å². The zero-order valence-electron chi connectivity index (χ0n) is 11.5. The third kappa shape index (κ3) is 3.74. The molecule has 0 spiro atoms. The molecule has 21 heavy (non-hydrogen) atoms. The fourth-order valence-corrected chi connectivity index (χ4v) is 2.94. The molecule has 0 saturated carbocycles. The van der Waals surface area contributed by atoms with E-state index < -0.39 is 9.05 Å². The van der Waals surface area contributed by atoms with Crippen LogP contribution in [0.2, 0.25) is 0 Å². The van der Waals surface area contributed by atoms with Crippen molar-refractivity contribution in [1.29, 1.82) is 0 Å².